The average Bonchev–Trinajstić information content (AvgIpc) is 3.34. The first kappa shape index (κ1) is 21.9. The number of aromatic amines is 1. The lowest BCUT2D eigenvalue weighted by molar-refractivity contribution is -0.121. The number of amides is 1. The average molecular weight is 471 g/mol. The molecule has 0 aromatic carbocycles. The van der Waals surface area contributed by atoms with Crippen molar-refractivity contribution in [3.63, 3.8) is 0 Å². The van der Waals surface area contributed by atoms with E-state index in [2.05, 4.69) is 25.6 Å². The third kappa shape index (κ3) is 5.20. The van der Waals surface area contributed by atoms with E-state index in [4.69, 9.17) is 16.3 Å². The molecule has 3 N–H and O–H groups in total. The Labute approximate surface area is 195 Å². The summed E-state index contributed by atoms with van der Waals surface area (Å²) in [5.41, 5.74) is 1.24. The largest absolute Gasteiger partial charge is 0.376 e. The summed E-state index contributed by atoms with van der Waals surface area (Å²) in [6.45, 7) is 0.839. The van der Waals surface area contributed by atoms with Crippen LogP contribution < -0.4 is 16.2 Å². The second-order valence-corrected chi connectivity index (χ2v) is 9.22. The zero-order chi connectivity index (χ0) is 22.8. The van der Waals surface area contributed by atoms with Crippen LogP contribution in [0.2, 0.25) is 5.15 Å². The molecule has 2 aliphatic rings. The van der Waals surface area contributed by atoms with Crippen LogP contribution in [0.4, 0.5) is 5.82 Å². The molecule has 3 heterocycles. The molecule has 1 amide bonds. The number of carbonyl (C=O) groups excluding carboxylic acids is 1. The number of aromatic nitrogens is 4. The van der Waals surface area contributed by atoms with Crippen LogP contribution >= 0.6 is 11.6 Å². The summed E-state index contributed by atoms with van der Waals surface area (Å²) in [5, 5.41) is 7.17. The van der Waals surface area contributed by atoms with Gasteiger partial charge in [-0.2, -0.15) is 0 Å². The fourth-order valence-electron chi connectivity index (χ4n) is 4.21. The van der Waals surface area contributed by atoms with Crippen LogP contribution in [0.3, 0.4) is 0 Å². The minimum absolute atomic E-state index is 0.0295. The predicted octanol–water partition coefficient (Wildman–Crippen LogP) is 2.85. The number of rotatable bonds is 9. The van der Waals surface area contributed by atoms with Crippen molar-refractivity contribution in [3.05, 3.63) is 51.9 Å². The molecule has 0 bridgehead atoms. The van der Waals surface area contributed by atoms with Crippen molar-refractivity contribution >= 4 is 34.2 Å². The van der Waals surface area contributed by atoms with Crippen LogP contribution in [0, 0.1) is 5.92 Å². The monoisotopic (exact) mass is 470 g/mol. The minimum atomic E-state index is -0.419. The molecule has 0 radical (unpaired) electrons. The van der Waals surface area contributed by atoms with Gasteiger partial charge in [0.1, 0.15) is 11.7 Å². The van der Waals surface area contributed by atoms with Crippen molar-refractivity contribution in [2.45, 2.75) is 57.3 Å². The molecule has 3 aromatic heterocycles. The van der Waals surface area contributed by atoms with Gasteiger partial charge in [-0.05, 0) is 50.2 Å². The zero-order valence-corrected chi connectivity index (χ0v) is 19.0. The highest BCUT2D eigenvalue weighted by Crippen LogP contribution is 2.32. The minimum Gasteiger partial charge on any atom is -0.376 e. The summed E-state index contributed by atoms with van der Waals surface area (Å²) >= 11 is 6.20. The van der Waals surface area contributed by atoms with E-state index in [0.29, 0.717) is 5.92 Å². The molecular formula is C23H27ClN6O3. The predicted molar refractivity (Wildman–Crippen MR) is 125 cm³/mol. The van der Waals surface area contributed by atoms with E-state index >= 15 is 0 Å². The van der Waals surface area contributed by atoms with Gasteiger partial charge in [-0.1, -0.05) is 11.6 Å². The van der Waals surface area contributed by atoms with E-state index in [1.165, 1.54) is 23.6 Å². The van der Waals surface area contributed by atoms with Crippen LogP contribution in [-0.2, 0) is 22.6 Å². The molecule has 0 aliphatic heterocycles. The lowest BCUT2D eigenvalue weighted by Crippen LogP contribution is -2.37. The third-order valence-corrected chi connectivity index (χ3v) is 6.59. The Balaban J connectivity index is 1.21. The Kier molecular flexibility index (Phi) is 6.32. The molecule has 1 unspecified atom stereocenters. The van der Waals surface area contributed by atoms with Crippen molar-refractivity contribution < 1.29 is 9.53 Å². The smallest absolute Gasteiger partial charge is 0.294 e. The molecule has 2 atom stereocenters. The van der Waals surface area contributed by atoms with Crippen molar-refractivity contribution in [2.24, 2.45) is 5.92 Å². The Morgan fingerprint density at radius 3 is 2.97 bits per heavy atom. The van der Waals surface area contributed by atoms with Crippen LogP contribution in [0.25, 0.3) is 10.9 Å². The summed E-state index contributed by atoms with van der Waals surface area (Å²) in [4.78, 5) is 37.2. The number of hydrogen-bond donors (Lipinski definition) is 3. The number of ether oxygens (including phenoxy) is 1. The second kappa shape index (κ2) is 9.52. The lowest BCUT2D eigenvalue weighted by Gasteiger charge is -2.22. The highest BCUT2D eigenvalue weighted by molar-refractivity contribution is 6.29. The Bertz CT molecular complexity index is 1200. The molecule has 2 saturated carbocycles. The maximum Gasteiger partial charge on any atom is 0.294 e. The first-order valence-electron chi connectivity index (χ1n) is 11.4. The maximum atomic E-state index is 13.0. The van der Waals surface area contributed by atoms with Gasteiger partial charge < -0.3 is 20.4 Å². The third-order valence-electron chi connectivity index (χ3n) is 6.29. The number of pyridine rings is 1. The number of H-pyrrole nitrogens is 1. The fourth-order valence-corrected chi connectivity index (χ4v) is 4.39. The normalized spacial score (nSPS) is 20.3. The van der Waals surface area contributed by atoms with Gasteiger partial charge in [0.2, 0.25) is 5.91 Å². The van der Waals surface area contributed by atoms with Crippen molar-refractivity contribution in [1.29, 1.82) is 0 Å². The van der Waals surface area contributed by atoms with Crippen molar-refractivity contribution in [3.8, 4) is 0 Å². The van der Waals surface area contributed by atoms with Gasteiger partial charge in [0.05, 0.1) is 42.3 Å². The number of fused-ring (bicyclic) bond motifs is 1. The van der Waals surface area contributed by atoms with Crippen molar-refractivity contribution in [2.75, 3.05) is 11.9 Å². The van der Waals surface area contributed by atoms with Crippen LogP contribution in [0.5, 0.6) is 0 Å². The molecule has 10 heteroatoms. The van der Waals surface area contributed by atoms with Crippen LogP contribution in [-0.4, -0.2) is 44.2 Å². The van der Waals surface area contributed by atoms with Crippen LogP contribution in [0.15, 0.2) is 35.5 Å². The van der Waals surface area contributed by atoms with Crippen LogP contribution in [0.1, 0.15) is 37.8 Å². The quantitative estimate of drug-likeness (QED) is 0.443. The van der Waals surface area contributed by atoms with E-state index in [9.17, 15) is 9.59 Å². The first-order valence-corrected chi connectivity index (χ1v) is 11.8. The van der Waals surface area contributed by atoms with E-state index in [1.54, 1.807) is 6.20 Å². The molecule has 5 rings (SSSR count). The van der Waals surface area contributed by atoms with Gasteiger partial charge in [-0.15, -0.1) is 0 Å². The lowest BCUT2D eigenvalue weighted by atomic mass is 10.2. The van der Waals surface area contributed by atoms with E-state index in [-0.39, 0.29) is 42.1 Å². The molecule has 2 fully saturated rings. The second-order valence-electron chi connectivity index (χ2n) is 8.84. The molecule has 0 saturated heterocycles. The standard InChI is InChI=1S/C23H27ClN6O3/c24-20-11-28-22(29-17-2-1-3-19(17)33-13-14-4-5-14)23(32)30(20)12-21(31)27-9-16-8-15-6-7-25-18(15)10-26-16/h6-8,10-11,14,17,19,25H,1-5,9,12-13H2,(H,27,31)(H,28,29)/t17?,19-/m1/s1. The molecule has 33 heavy (non-hydrogen) atoms. The number of carbonyl (C=O) groups is 1. The summed E-state index contributed by atoms with van der Waals surface area (Å²) < 4.78 is 7.29. The van der Waals surface area contributed by atoms with Gasteiger partial charge >= 0.3 is 0 Å². The van der Waals surface area contributed by atoms with E-state index in [1.807, 2.05) is 18.3 Å². The highest BCUT2D eigenvalue weighted by atomic mass is 35.5. The van der Waals surface area contributed by atoms with Gasteiger partial charge in [-0.3, -0.25) is 19.1 Å². The molecule has 3 aromatic rings. The van der Waals surface area contributed by atoms with Gasteiger partial charge in [-0.25, -0.2) is 4.98 Å². The Morgan fingerprint density at radius 1 is 1.24 bits per heavy atom. The van der Waals surface area contributed by atoms with Gasteiger partial charge in [0.15, 0.2) is 5.82 Å². The SMILES string of the molecule is O=C(Cn1c(Cl)cnc(NC2CCC[C@H]2OCC2CC2)c1=O)NCc1cc2cc[nH]c2cn1. The fraction of sp³-hybridized carbons (Fsp3) is 0.478. The summed E-state index contributed by atoms with van der Waals surface area (Å²) in [6.07, 6.45) is 10.4. The molecular weight excluding hydrogens is 444 g/mol. The topological polar surface area (TPSA) is 114 Å². The maximum absolute atomic E-state index is 13.0. The molecule has 174 valence electrons. The van der Waals surface area contributed by atoms with Gasteiger partial charge in [0, 0.05) is 18.2 Å². The van der Waals surface area contributed by atoms with E-state index in [0.717, 1.165) is 42.5 Å². The highest BCUT2D eigenvalue weighted by Gasteiger charge is 2.31. The van der Waals surface area contributed by atoms with Gasteiger partial charge in [0.25, 0.3) is 5.56 Å². The van der Waals surface area contributed by atoms with E-state index < -0.39 is 5.56 Å². The number of nitrogens with one attached hydrogen (secondary N) is 3. The molecule has 9 nitrogen and oxygen atoms in total. The molecule has 0 spiro atoms. The number of nitrogens with zero attached hydrogens (tertiary/aromatic N) is 3. The summed E-state index contributed by atoms with van der Waals surface area (Å²) in [6, 6.07) is 3.88. The van der Waals surface area contributed by atoms with Crippen molar-refractivity contribution in [1.82, 2.24) is 24.8 Å². The first-order chi connectivity index (χ1) is 16.1. The summed E-state index contributed by atoms with van der Waals surface area (Å²) in [5.74, 6) is 0.549. The Hall–Kier alpha value is -2.91. The zero-order valence-electron chi connectivity index (χ0n) is 18.2. The number of hydrogen-bond acceptors (Lipinski definition) is 6. The molecule has 2 aliphatic carbocycles. The number of halogens is 1. The number of anilines is 1. The summed E-state index contributed by atoms with van der Waals surface area (Å²) in [7, 11) is 0. The Morgan fingerprint density at radius 2 is 2.12 bits per heavy atom.